The molecule has 0 radical (unpaired) electrons. The topological polar surface area (TPSA) is 104 Å². The van der Waals surface area contributed by atoms with Gasteiger partial charge < -0.3 is 14.7 Å². The molecule has 0 aromatic heterocycles. The number of carbonyl (C=O) groups excluding carboxylic acids is 1. The van der Waals surface area contributed by atoms with Crippen molar-refractivity contribution < 1.29 is 27.9 Å². The minimum Gasteiger partial charge on any atom is -0.481 e. The first-order valence-electron chi connectivity index (χ1n) is 14.2. The molecular weight excluding hydrogens is 611 g/mol. The molecule has 8 nitrogen and oxygen atoms in total. The summed E-state index contributed by atoms with van der Waals surface area (Å²) in [4.78, 5) is 27.9. The van der Waals surface area contributed by atoms with Crippen LogP contribution >= 0.6 is 23.2 Å². The normalized spacial score (nSPS) is 21.6. The van der Waals surface area contributed by atoms with E-state index in [1.165, 1.54) is 4.31 Å². The van der Waals surface area contributed by atoms with Crippen LogP contribution in [0.4, 0.5) is 5.69 Å². The van der Waals surface area contributed by atoms with Crippen LogP contribution in [0.2, 0.25) is 10.0 Å². The fourth-order valence-corrected chi connectivity index (χ4v) is 7.84. The third-order valence-electron chi connectivity index (χ3n) is 7.95. The van der Waals surface area contributed by atoms with Gasteiger partial charge in [-0.2, -0.15) is 0 Å². The van der Waals surface area contributed by atoms with Crippen LogP contribution in [0.5, 0.6) is 0 Å². The Morgan fingerprint density at radius 1 is 0.977 bits per heavy atom. The van der Waals surface area contributed by atoms with E-state index in [2.05, 4.69) is 0 Å². The first-order chi connectivity index (χ1) is 20.5. The summed E-state index contributed by atoms with van der Waals surface area (Å²) < 4.78 is 35.4. The van der Waals surface area contributed by atoms with Crippen LogP contribution in [0.15, 0.2) is 78.9 Å². The van der Waals surface area contributed by atoms with Gasteiger partial charge in [-0.15, -0.1) is 0 Å². The van der Waals surface area contributed by atoms with E-state index < -0.39 is 57.9 Å². The second-order valence-corrected chi connectivity index (χ2v) is 14.4. The smallest absolute Gasteiger partial charge is 0.306 e. The van der Waals surface area contributed by atoms with Gasteiger partial charge in [-0.1, -0.05) is 79.5 Å². The fraction of sp³-hybridized carbons (Fsp3) is 0.375. The van der Waals surface area contributed by atoms with Gasteiger partial charge in [-0.3, -0.25) is 13.9 Å². The predicted molar refractivity (Wildman–Crippen MR) is 167 cm³/mol. The van der Waals surface area contributed by atoms with Crippen LogP contribution in [0.25, 0.3) is 0 Å². The molecule has 11 heteroatoms. The summed E-state index contributed by atoms with van der Waals surface area (Å²) >= 11 is 12.6. The highest BCUT2D eigenvalue weighted by Crippen LogP contribution is 2.46. The SMILES string of the molecule is CC(C)C(CN(c1ccccc1)S(=O)(=O)C1CC1)N1C(=O)[C@@H](CC(=O)O)O[C@H](c2cccc(Cl)c2)[C@H]1c1ccc(Cl)cc1. The Hall–Kier alpha value is -3.11. The summed E-state index contributed by atoms with van der Waals surface area (Å²) in [5.74, 6) is -1.92. The molecule has 3 aromatic rings. The number of carboxylic acid groups (broad SMARTS) is 1. The summed E-state index contributed by atoms with van der Waals surface area (Å²) in [6.07, 6.45) is -1.48. The van der Waals surface area contributed by atoms with Crippen molar-refractivity contribution in [3.8, 4) is 0 Å². The Morgan fingerprint density at radius 3 is 2.23 bits per heavy atom. The number of carboxylic acids is 1. The van der Waals surface area contributed by atoms with Gasteiger partial charge in [-0.05, 0) is 66.3 Å². The zero-order chi connectivity index (χ0) is 30.9. The Morgan fingerprint density at radius 2 is 1.65 bits per heavy atom. The van der Waals surface area contributed by atoms with Gasteiger partial charge in [0.15, 0.2) is 0 Å². The average molecular weight is 646 g/mol. The number of aliphatic carboxylic acids is 1. The van der Waals surface area contributed by atoms with Gasteiger partial charge in [0.25, 0.3) is 5.91 Å². The Kier molecular flexibility index (Phi) is 9.37. The molecule has 4 atom stereocenters. The summed E-state index contributed by atoms with van der Waals surface area (Å²) in [5, 5.41) is 10.2. The largest absolute Gasteiger partial charge is 0.481 e. The number of para-hydroxylation sites is 1. The van der Waals surface area contributed by atoms with E-state index in [4.69, 9.17) is 27.9 Å². The maximum atomic E-state index is 14.3. The van der Waals surface area contributed by atoms with E-state index in [9.17, 15) is 23.1 Å². The number of nitrogens with zero attached hydrogens (tertiary/aromatic N) is 2. The molecule has 1 aliphatic carbocycles. The number of halogens is 2. The lowest BCUT2D eigenvalue weighted by molar-refractivity contribution is -0.184. The molecule has 1 unspecified atom stereocenters. The van der Waals surface area contributed by atoms with Crippen molar-refractivity contribution in [3.05, 3.63) is 100 Å². The van der Waals surface area contributed by atoms with Crippen LogP contribution in [-0.4, -0.2) is 54.2 Å². The number of hydrogen-bond acceptors (Lipinski definition) is 5. The quantitative estimate of drug-likeness (QED) is 0.255. The van der Waals surface area contributed by atoms with Gasteiger partial charge in [0.1, 0.15) is 12.2 Å². The van der Waals surface area contributed by atoms with E-state index in [0.717, 1.165) is 0 Å². The molecule has 5 rings (SSSR count). The fourth-order valence-electron chi connectivity index (χ4n) is 5.65. The minimum absolute atomic E-state index is 0.0155. The molecule has 1 saturated carbocycles. The van der Waals surface area contributed by atoms with Crippen LogP contribution < -0.4 is 4.31 Å². The molecule has 0 bridgehead atoms. The number of morpholine rings is 1. The Bertz CT molecular complexity index is 1560. The monoisotopic (exact) mass is 644 g/mol. The van der Waals surface area contributed by atoms with Gasteiger partial charge in [0.2, 0.25) is 10.0 Å². The van der Waals surface area contributed by atoms with Crippen LogP contribution in [-0.2, 0) is 24.3 Å². The predicted octanol–water partition coefficient (Wildman–Crippen LogP) is 6.50. The first-order valence-corrected chi connectivity index (χ1v) is 16.5. The van der Waals surface area contributed by atoms with Crippen LogP contribution in [0, 0.1) is 5.92 Å². The molecule has 0 spiro atoms. The Labute approximate surface area is 262 Å². The molecule has 43 heavy (non-hydrogen) atoms. The van der Waals surface area contributed by atoms with Gasteiger partial charge in [-0.25, -0.2) is 8.42 Å². The highest BCUT2D eigenvalue weighted by atomic mass is 35.5. The lowest BCUT2D eigenvalue weighted by Gasteiger charge is -2.50. The van der Waals surface area contributed by atoms with E-state index in [-0.39, 0.29) is 12.5 Å². The first kappa shape index (κ1) is 31.3. The number of anilines is 1. The number of amides is 1. The molecule has 1 aliphatic heterocycles. The maximum Gasteiger partial charge on any atom is 0.306 e. The van der Waals surface area contributed by atoms with Crippen molar-refractivity contribution in [1.29, 1.82) is 0 Å². The van der Waals surface area contributed by atoms with E-state index in [1.807, 2.05) is 26.0 Å². The average Bonchev–Trinajstić information content (AvgIpc) is 3.82. The van der Waals surface area contributed by atoms with Gasteiger partial charge in [0.05, 0.1) is 36.0 Å². The van der Waals surface area contributed by atoms with Crippen molar-refractivity contribution in [3.63, 3.8) is 0 Å². The standard InChI is InChI=1S/C32H34Cl2N2O6S/c1-20(2)27(19-35(25-9-4-3-5-10-25)43(40,41)26-15-16-26)36-30(21-11-13-23(33)14-12-21)31(22-7-6-8-24(34)17-22)42-28(32(36)39)18-29(37)38/h3-14,17,20,26-28,30-31H,15-16,18-19H2,1-2H3,(H,37,38)/t27?,28-,30-,31-/m1/s1. The Balaban J connectivity index is 1.67. The van der Waals surface area contributed by atoms with Crippen molar-refractivity contribution >= 4 is 50.8 Å². The lowest BCUT2D eigenvalue weighted by Crippen LogP contribution is -2.59. The maximum absolute atomic E-state index is 14.3. The van der Waals surface area contributed by atoms with Crippen molar-refractivity contribution in [2.75, 3.05) is 10.8 Å². The van der Waals surface area contributed by atoms with Crippen molar-refractivity contribution in [1.82, 2.24) is 4.90 Å². The highest BCUT2D eigenvalue weighted by Gasteiger charge is 2.50. The highest BCUT2D eigenvalue weighted by molar-refractivity contribution is 7.93. The number of rotatable bonds is 11. The molecule has 1 saturated heterocycles. The second-order valence-electron chi connectivity index (χ2n) is 11.4. The van der Waals surface area contributed by atoms with E-state index >= 15 is 0 Å². The molecule has 2 aliphatic rings. The van der Waals surface area contributed by atoms with Gasteiger partial charge >= 0.3 is 5.97 Å². The molecule has 3 aromatic carbocycles. The molecular formula is C32H34Cl2N2O6S. The number of sulfonamides is 1. The summed E-state index contributed by atoms with van der Waals surface area (Å²) in [7, 11) is -3.72. The second kappa shape index (κ2) is 12.9. The number of hydrogen-bond donors (Lipinski definition) is 1. The molecule has 1 heterocycles. The van der Waals surface area contributed by atoms with Crippen LogP contribution in [0.3, 0.4) is 0 Å². The number of benzene rings is 3. The summed E-state index contributed by atoms with van der Waals surface area (Å²) in [5.41, 5.74) is 1.88. The lowest BCUT2D eigenvalue weighted by atomic mass is 9.88. The van der Waals surface area contributed by atoms with E-state index in [1.54, 1.807) is 71.6 Å². The van der Waals surface area contributed by atoms with Crippen molar-refractivity contribution in [2.45, 2.75) is 62.7 Å². The third kappa shape index (κ3) is 6.85. The van der Waals surface area contributed by atoms with E-state index in [0.29, 0.717) is 39.7 Å². The summed E-state index contributed by atoms with van der Waals surface area (Å²) in [6, 6.07) is 21.6. The van der Waals surface area contributed by atoms with Crippen molar-refractivity contribution in [2.24, 2.45) is 5.92 Å². The third-order valence-corrected chi connectivity index (χ3v) is 10.7. The molecule has 1 amide bonds. The zero-order valence-corrected chi connectivity index (χ0v) is 26.2. The summed E-state index contributed by atoms with van der Waals surface area (Å²) in [6.45, 7) is 3.85. The zero-order valence-electron chi connectivity index (χ0n) is 23.8. The van der Waals surface area contributed by atoms with Crippen LogP contribution in [0.1, 0.15) is 56.4 Å². The molecule has 1 N–H and O–H groups in total. The van der Waals surface area contributed by atoms with Gasteiger partial charge in [0, 0.05) is 10.0 Å². The minimum atomic E-state index is -3.72. The molecule has 2 fully saturated rings. The number of carbonyl (C=O) groups is 2. The number of ether oxygens (including phenoxy) is 1. The molecule has 228 valence electrons.